The molecule has 0 aliphatic rings. The highest BCUT2D eigenvalue weighted by molar-refractivity contribution is 7.92. The number of carbonyl (C=O) groups is 2. The van der Waals surface area contributed by atoms with E-state index in [4.69, 9.17) is 11.6 Å². The van der Waals surface area contributed by atoms with Gasteiger partial charge >= 0.3 is 0 Å². The molecular formula is C23H29ClFN3O4S. The molecule has 0 radical (unpaired) electrons. The molecule has 0 bridgehead atoms. The van der Waals surface area contributed by atoms with Crippen molar-refractivity contribution in [2.75, 3.05) is 23.7 Å². The van der Waals surface area contributed by atoms with Crippen molar-refractivity contribution >= 4 is 39.1 Å². The van der Waals surface area contributed by atoms with Gasteiger partial charge < -0.3 is 10.2 Å². The van der Waals surface area contributed by atoms with Crippen LogP contribution in [-0.2, 0) is 26.2 Å². The van der Waals surface area contributed by atoms with E-state index >= 15 is 0 Å². The molecule has 0 fully saturated rings. The maximum Gasteiger partial charge on any atom is 0.242 e. The van der Waals surface area contributed by atoms with Crippen LogP contribution in [0, 0.1) is 5.82 Å². The number of benzene rings is 2. The van der Waals surface area contributed by atoms with E-state index in [0.29, 0.717) is 22.8 Å². The minimum atomic E-state index is -3.64. The average Bonchev–Trinajstić information content (AvgIpc) is 2.75. The zero-order chi connectivity index (χ0) is 24.6. The Kier molecular flexibility index (Phi) is 9.67. The lowest BCUT2D eigenvalue weighted by Crippen LogP contribution is -2.47. The van der Waals surface area contributed by atoms with Crippen molar-refractivity contribution in [3.05, 3.63) is 64.9 Å². The highest BCUT2D eigenvalue weighted by atomic mass is 35.5. The van der Waals surface area contributed by atoms with E-state index in [0.717, 1.165) is 10.6 Å². The number of hydrogen-bond donors (Lipinski definition) is 1. The Morgan fingerprint density at radius 2 is 1.76 bits per heavy atom. The fourth-order valence-corrected chi connectivity index (χ4v) is 4.49. The molecule has 0 heterocycles. The molecule has 0 saturated carbocycles. The second-order valence-corrected chi connectivity index (χ2v) is 9.91. The molecule has 1 unspecified atom stereocenters. The highest BCUT2D eigenvalue weighted by Gasteiger charge is 2.26. The van der Waals surface area contributed by atoms with Gasteiger partial charge in [0, 0.05) is 31.1 Å². The van der Waals surface area contributed by atoms with Crippen molar-refractivity contribution in [1.29, 1.82) is 0 Å². The summed E-state index contributed by atoms with van der Waals surface area (Å²) in [6.45, 7) is 4.04. The van der Waals surface area contributed by atoms with E-state index in [1.807, 2.05) is 0 Å². The molecule has 180 valence electrons. The van der Waals surface area contributed by atoms with Gasteiger partial charge in [0.05, 0.1) is 11.9 Å². The summed E-state index contributed by atoms with van der Waals surface area (Å²) in [7, 11) is -3.64. The first-order valence-corrected chi connectivity index (χ1v) is 12.8. The van der Waals surface area contributed by atoms with Gasteiger partial charge in [-0.3, -0.25) is 13.9 Å². The van der Waals surface area contributed by atoms with Crippen molar-refractivity contribution in [3.63, 3.8) is 0 Å². The highest BCUT2D eigenvalue weighted by Crippen LogP contribution is 2.21. The van der Waals surface area contributed by atoms with Crippen molar-refractivity contribution in [1.82, 2.24) is 10.2 Å². The van der Waals surface area contributed by atoms with Gasteiger partial charge in [-0.25, -0.2) is 12.8 Å². The van der Waals surface area contributed by atoms with E-state index in [-0.39, 0.29) is 37.7 Å². The minimum absolute atomic E-state index is 0.0153. The van der Waals surface area contributed by atoms with Crippen LogP contribution in [0.2, 0.25) is 5.02 Å². The van der Waals surface area contributed by atoms with Gasteiger partial charge in [-0.15, -0.1) is 0 Å². The molecule has 7 nitrogen and oxygen atoms in total. The first-order chi connectivity index (χ1) is 15.5. The number of nitrogens with one attached hydrogen (secondary N) is 1. The minimum Gasteiger partial charge on any atom is -0.355 e. The van der Waals surface area contributed by atoms with Gasteiger partial charge in [-0.2, -0.15) is 0 Å². The van der Waals surface area contributed by atoms with Crippen LogP contribution < -0.4 is 9.62 Å². The van der Waals surface area contributed by atoms with Gasteiger partial charge in [0.1, 0.15) is 11.9 Å². The summed E-state index contributed by atoms with van der Waals surface area (Å²) in [6.07, 6.45) is 1.28. The number of carbonyl (C=O) groups excluding carboxylic acids is 2. The molecule has 0 saturated heterocycles. The van der Waals surface area contributed by atoms with Crippen LogP contribution in [0.15, 0.2) is 48.5 Å². The van der Waals surface area contributed by atoms with Crippen LogP contribution >= 0.6 is 11.6 Å². The van der Waals surface area contributed by atoms with Crippen molar-refractivity contribution < 1.29 is 22.4 Å². The summed E-state index contributed by atoms with van der Waals surface area (Å²) >= 11 is 6.25. The van der Waals surface area contributed by atoms with E-state index < -0.39 is 21.9 Å². The van der Waals surface area contributed by atoms with Gasteiger partial charge in [0.15, 0.2) is 0 Å². The lowest BCUT2D eigenvalue weighted by Gasteiger charge is -2.29. The number of nitrogens with zero attached hydrogens (tertiary/aromatic N) is 2. The molecule has 2 rings (SSSR count). The van der Waals surface area contributed by atoms with Gasteiger partial charge in [0.2, 0.25) is 21.8 Å². The van der Waals surface area contributed by atoms with Crippen LogP contribution in [0.1, 0.15) is 32.3 Å². The Balaban J connectivity index is 2.15. The molecule has 0 aliphatic heterocycles. The molecule has 10 heteroatoms. The topological polar surface area (TPSA) is 86.8 Å². The summed E-state index contributed by atoms with van der Waals surface area (Å²) in [6, 6.07) is 11.4. The standard InChI is InChI=1S/C23H29ClFN3O4S/c1-4-26-23(30)17(2)27(16-18-8-5-6-9-21(18)24)22(29)10-7-15-28(33(3,31)32)20-13-11-19(25)12-14-20/h5-6,8-9,11-14,17H,4,7,10,15-16H2,1-3H3,(H,26,30). The molecular weight excluding hydrogens is 469 g/mol. The smallest absolute Gasteiger partial charge is 0.242 e. The molecule has 1 atom stereocenters. The third-order valence-electron chi connectivity index (χ3n) is 5.08. The Morgan fingerprint density at radius 3 is 2.33 bits per heavy atom. The fourth-order valence-electron chi connectivity index (χ4n) is 3.33. The number of likely N-dealkylation sites (N-methyl/N-ethyl adjacent to an activating group) is 1. The molecule has 0 aliphatic carbocycles. The quantitative estimate of drug-likeness (QED) is 0.514. The molecule has 2 aromatic rings. The van der Waals surface area contributed by atoms with Crippen LogP contribution in [0.25, 0.3) is 0 Å². The number of amides is 2. The van der Waals surface area contributed by atoms with Crippen LogP contribution in [0.4, 0.5) is 10.1 Å². The lowest BCUT2D eigenvalue weighted by atomic mass is 10.1. The predicted octanol–water partition coefficient (Wildman–Crippen LogP) is 3.58. The summed E-state index contributed by atoms with van der Waals surface area (Å²) < 4.78 is 38.9. The zero-order valence-electron chi connectivity index (χ0n) is 18.9. The van der Waals surface area contributed by atoms with Crippen LogP contribution in [0.5, 0.6) is 0 Å². The monoisotopic (exact) mass is 497 g/mol. The maximum atomic E-state index is 13.2. The third kappa shape index (κ3) is 7.71. The molecule has 0 spiro atoms. The second-order valence-electron chi connectivity index (χ2n) is 7.60. The van der Waals surface area contributed by atoms with E-state index in [2.05, 4.69) is 5.32 Å². The Bertz CT molecular complexity index is 1060. The van der Waals surface area contributed by atoms with Gasteiger partial charge in [0.25, 0.3) is 0 Å². The second kappa shape index (κ2) is 12.0. The summed E-state index contributed by atoms with van der Waals surface area (Å²) in [5, 5.41) is 3.20. The number of sulfonamides is 1. The summed E-state index contributed by atoms with van der Waals surface area (Å²) in [5.41, 5.74) is 1.02. The van der Waals surface area contributed by atoms with Gasteiger partial charge in [-0.1, -0.05) is 29.8 Å². The van der Waals surface area contributed by atoms with Gasteiger partial charge in [-0.05, 0) is 56.2 Å². The van der Waals surface area contributed by atoms with Crippen molar-refractivity contribution in [3.8, 4) is 0 Å². The SMILES string of the molecule is CCNC(=O)C(C)N(Cc1ccccc1Cl)C(=O)CCCN(c1ccc(F)cc1)S(C)(=O)=O. The normalized spacial score (nSPS) is 12.2. The average molecular weight is 498 g/mol. The van der Waals surface area contributed by atoms with Crippen LogP contribution in [-0.4, -0.2) is 50.5 Å². The molecule has 2 aromatic carbocycles. The van der Waals surface area contributed by atoms with Crippen molar-refractivity contribution in [2.24, 2.45) is 0 Å². The molecule has 33 heavy (non-hydrogen) atoms. The molecule has 0 aromatic heterocycles. The Morgan fingerprint density at radius 1 is 1.12 bits per heavy atom. The zero-order valence-corrected chi connectivity index (χ0v) is 20.5. The lowest BCUT2D eigenvalue weighted by molar-refractivity contribution is -0.140. The number of halogens is 2. The first kappa shape index (κ1) is 26.6. The largest absolute Gasteiger partial charge is 0.355 e. The van der Waals surface area contributed by atoms with Crippen LogP contribution in [0.3, 0.4) is 0 Å². The Hall–Kier alpha value is -2.65. The van der Waals surface area contributed by atoms with E-state index in [1.165, 1.54) is 29.2 Å². The summed E-state index contributed by atoms with van der Waals surface area (Å²) in [5.74, 6) is -1.07. The third-order valence-corrected chi connectivity index (χ3v) is 6.65. The summed E-state index contributed by atoms with van der Waals surface area (Å²) in [4.78, 5) is 27.0. The predicted molar refractivity (Wildman–Crippen MR) is 128 cm³/mol. The number of rotatable bonds is 11. The van der Waals surface area contributed by atoms with E-state index in [9.17, 15) is 22.4 Å². The van der Waals surface area contributed by atoms with Crippen molar-refractivity contribution in [2.45, 2.75) is 39.3 Å². The molecule has 2 amide bonds. The maximum absolute atomic E-state index is 13.2. The van der Waals surface area contributed by atoms with E-state index in [1.54, 1.807) is 38.1 Å². The first-order valence-electron chi connectivity index (χ1n) is 10.6. The fraction of sp³-hybridized carbons (Fsp3) is 0.391. The molecule has 1 N–H and O–H groups in total. The number of hydrogen-bond acceptors (Lipinski definition) is 4. The Labute approximate surface area is 199 Å². The number of anilines is 1.